The second-order valence-electron chi connectivity index (χ2n) is 20.9. The minimum absolute atomic E-state index is 0.0931. The third kappa shape index (κ3) is 62.5. The highest BCUT2D eigenvalue weighted by Gasteiger charge is 2.19. The second-order valence-corrected chi connectivity index (χ2v) is 20.9. The Morgan fingerprint density at radius 3 is 0.792 bits per heavy atom. The number of hydrogen-bond donors (Lipinski definition) is 0. The maximum absolute atomic E-state index is 12.9. The summed E-state index contributed by atoms with van der Waals surface area (Å²) in [4.78, 5) is 38.4. The molecule has 0 bridgehead atoms. The topological polar surface area (TPSA) is 78.9 Å². The number of unbranched alkanes of at least 4 members (excludes halogenated alkanes) is 26. The van der Waals surface area contributed by atoms with E-state index in [2.05, 4.69) is 142 Å². The fourth-order valence-electron chi connectivity index (χ4n) is 8.69. The first-order chi connectivity index (χ1) is 38.0. The van der Waals surface area contributed by atoms with Crippen molar-refractivity contribution < 1.29 is 28.6 Å². The minimum Gasteiger partial charge on any atom is -0.462 e. The van der Waals surface area contributed by atoms with E-state index in [1.807, 2.05) is 0 Å². The number of carbonyl (C=O) groups is 3. The first-order valence-electron chi connectivity index (χ1n) is 32.0. The van der Waals surface area contributed by atoms with Gasteiger partial charge < -0.3 is 14.2 Å². The van der Waals surface area contributed by atoms with Crippen LogP contribution in [0.15, 0.2) is 122 Å². The van der Waals surface area contributed by atoms with Gasteiger partial charge in [0.2, 0.25) is 0 Å². The Hall–Kier alpha value is -4.19. The summed E-state index contributed by atoms with van der Waals surface area (Å²) in [7, 11) is 0. The molecule has 0 aromatic rings. The Balaban J connectivity index is 4.45. The quantitative estimate of drug-likeness (QED) is 0.0261. The molecule has 0 aliphatic carbocycles. The SMILES string of the molecule is CC/C=C\C/C=C\C/C=C\C/C=C\CCCCCCCCC(=O)OCC(COC(=O)CCCCCCCCCCC/C=C\C/C=C\CCCCCCC)OC(=O)CCCCCCCC/C=C\C/C=C\C/C=C\C/C=C\CC. The number of ether oxygens (including phenoxy) is 3. The minimum atomic E-state index is -0.799. The van der Waals surface area contributed by atoms with Crippen molar-refractivity contribution in [3.63, 3.8) is 0 Å². The molecule has 0 N–H and O–H groups in total. The number of allylic oxidation sites excluding steroid dienone is 20. The van der Waals surface area contributed by atoms with Crippen LogP contribution >= 0.6 is 0 Å². The normalized spacial score (nSPS) is 12.9. The van der Waals surface area contributed by atoms with E-state index in [4.69, 9.17) is 14.2 Å². The molecule has 0 amide bonds. The van der Waals surface area contributed by atoms with E-state index < -0.39 is 6.10 Å². The third-order valence-electron chi connectivity index (χ3n) is 13.4. The van der Waals surface area contributed by atoms with Gasteiger partial charge in [0.1, 0.15) is 13.2 Å². The van der Waals surface area contributed by atoms with E-state index in [1.54, 1.807) is 0 Å². The second kappa shape index (κ2) is 64.3. The van der Waals surface area contributed by atoms with Crippen LogP contribution in [0.2, 0.25) is 0 Å². The van der Waals surface area contributed by atoms with Crippen LogP contribution in [0.3, 0.4) is 0 Å². The monoisotopic (exact) mass is 1070 g/mol. The largest absolute Gasteiger partial charge is 0.462 e. The molecule has 0 saturated heterocycles. The summed E-state index contributed by atoms with van der Waals surface area (Å²) in [6.07, 6.45) is 89.1. The molecule has 1 atom stereocenters. The smallest absolute Gasteiger partial charge is 0.306 e. The Labute approximate surface area is 475 Å². The van der Waals surface area contributed by atoms with Gasteiger partial charge in [-0.15, -0.1) is 0 Å². The molecule has 0 heterocycles. The zero-order valence-corrected chi connectivity index (χ0v) is 50.2. The highest BCUT2D eigenvalue weighted by Crippen LogP contribution is 2.15. The molecule has 0 saturated carbocycles. The van der Waals surface area contributed by atoms with E-state index in [0.29, 0.717) is 19.3 Å². The van der Waals surface area contributed by atoms with Crippen molar-refractivity contribution >= 4 is 17.9 Å². The van der Waals surface area contributed by atoms with Crippen molar-refractivity contribution in [2.75, 3.05) is 13.2 Å². The summed E-state index contributed by atoms with van der Waals surface area (Å²) < 4.78 is 16.9. The first-order valence-corrected chi connectivity index (χ1v) is 32.0. The molecule has 0 spiro atoms. The average molecular weight is 1070 g/mol. The molecule has 1 unspecified atom stereocenters. The van der Waals surface area contributed by atoms with Crippen molar-refractivity contribution in [1.82, 2.24) is 0 Å². The molecule has 0 aromatic carbocycles. The van der Waals surface area contributed by atoms with E-state index in [1.165, 1.54) is 109 Å². The van der Waals surface area contributed by atoms with Crippen molar-refractivity contribution in [1.29, 1.82) is 0 Å². The molecular formula is C71H118O6. The number of rotatable bonds is 57. The van der Waals surface area contributed by atoms with E-state index >= 15 is 0 Å². The molecule has 438 valence electrons. The average Bonchev–Trinajstić information content (AvgIpc) is 3.43. The highest BCUT2D eigenvalue weighted by molar-refractivity contribution is 5.71. The van der Waals surface area contributed by atoms with Crippen molar-refractivity contribution in [2.24, 2.45) is 0 Å². The van der Waals surface area contributed by atoms with E-state index in [-0.39, 0.29) is 31.1 Å². The van der Waals surface area contributed by atoms with Gasteiger partial charge in [-0.25, -0.2) is 0 Å². The van der Waals surface area contributed by atoms with E-state index in [0.717, 1.165) is 141 Å². The fraction of sp³-hybridized carbons (Fsp3) is 0.676. The lowest BCUT2D eigenvalue weighted by molar-refractivity contribution is -0.167. The highest BCUT2D eigenvalue weighted by atomic mass is 16.6. The first kappa shape index (κ1) is 72.8. The predicted molar refractivity (Wildman–Crippen MR) is 334 cm³/mol. The van der Waals surface area contributed by atoms with Crippen LogP contribution in [0.4, 0.5) is 0 Å². The van der Waals surface area contributed by atoms with Crippen LogP contribution in [-0.2, 0) is 28.6 Å². The summed E-state index contributed by atoms with van der Waals surface area (Å²) in [5.74, 6) is -0.920. The Morgan fingerprint density at radius 2 is 0.506 bits per heavy atom. The van der Waals surface area contributed by atoms with Gasteiger partial charge in [0.15, 0.2) is 6.10 Å². The summed E-state index contributed by atoms with van der Waals surface area (Å²) >= 11 is 0. The molecule has 0 aromatic heterocycles. The maximum Gasteiger partial charge on any atom is 0.306 e. The molecule has 77 heavy (non-hydrogen) atoms. The zero-order chi connectivity index (χ0) is 55.7. The Bertz CT molecular complexity index is 1600. The Kier molecular flexibility index (Phi) is 60.8. The summed E-state index contributed by atoms with van der Waals surface area (Å²) in [5.41, 5.74) is 0. The molecule has 6 heteroatoms. The maximum atomic E-state index is 12.9. The molecule has 0 radical (unpaired) electrons. The van der Waals surface area contributed by atoms with Gasteiger partial charge in [-0.3, -0.25) is 14.4 Å². The predicted octanol–water partition coefficient (Wildman–Crippen LogP) is 22.0. The number of carbonyl (C=O) groups excluding carboxylic acids is 3. The van der Waals surface area contributed by atoms with Crippen molar-refractivity contribution in [3.8, 4) is 0 Å². The summed E-state index contributed by atoms with van der Waals surface area (Å²) in [5, 5.41) is 0. The van der Waals surface area contributed by atoms with Crippen LogP contribution in [0, 0.1) is 0 Å². The molecular weight excluding hydrogens is 949 g/mol. The molecule has 6 nitrogen and oxygen atoms in total. The summed E-state index contributed by atoms with van der Waals surface area (Å²) in [6.45, 7) is 6.39. The Morgan fingerprint density at radius 1 is 0.273 bits per heavy atom. The van der Waals surface area contributed by atoms with Gasteiger partial charge in [0.05, 0.1) is 0 Å². The van der Waals surface area contributed by atoms with Gasteiger partial charge in [0, 0.05) is 19.3 Å². The van der Waals surface area contributed by atoms with Crippen LogP contribution in [0.1, 0.15) is 290 Å². The molecule has 0 aliphatic rings. The van der Waals surface area contributed by atoms with E-state index in [9.17, 15) is 14.4 Å². The number of hydrogen-bond acceptors (Lipinski definition) is 6. The van der Waals surface area contributed by atoms with Gasteiger partial charge in [0.25, 0.3) is 0 Å². The van der Waals surface area contributed by atoms with Gasteiger partial charge in [-0.2, -0.15) is 0 Å². The van der Waals surface area contributed by atoms with Gasteiger partial charge in [-0.05, 0) is 128 Å². The standard InChI is InChI=1S/C71H118O6/c1-4-7-10-13-16-19-22-25-28-31-34-35-38-40-43-46-49-52-55-58-61-64-70(73)76-67-68(77-71(74)65-62-59-56-53-50-47-44-41-37-33-30-27-24-21-18-15-12-9-6-3)66-75-69(72)63-60-57-54-51-48-45-42-39-36-32-29-26-23-20-17-14-11-8-5-2/h8-9,11-12,17-18,20-22,25-27,29-31,34,36-37,39,41,68H,4-7,10,13-16,19,23-24,28,32-33,35,38,40,42-67H2,1-3H3/b11-8-,12-9-,20-17-,21-18-,25-22-,29-26-,30-27-,34-31-,39-36-,41-37-. The molecule has 0 fully saturated rings. The van der Waals surface area contributed by atoms with Crippen LogP contribution in [-0.4, -0.2) is 37.2 Å². The van der Waals surface area contributed by atoms with Crippen molar-refractivity contribution in [2.45, 2.75) is 297 Å². The van der Waals surface area contributed by atoms with Crippen molar-refractivity contribution in [3.05, 3.63) is 122 Å². The van der Waals surface area contributed by atoms with Crippen LogP contribution < -0.4 is 0 Å². The van der Waals surface area contributed by atoms with Gasteiger partial charge >= 0.3 is 17.9 Å². The van der Waals surface area contributed by atoms with Gasteiger partial charge in [-0.1, -0.05) is 264 Å². The van der Waals surface area contributed by atoms with Crippen LogP contribution in [0.25, 0.3) is 0 Å². The summed E-state index contributed by atoms with van der Waals surface area (Å²) in [6, 6.07) is 0. The lowest BCUT2D eigenvalue weighted by atomic mass is 10.1. The third-order valence-corrected chi connectivity index (χ3v) is 13.4. The lowest BCUT2D eigenvalue weighted by Gasteiger charge is -2.18. The molecule has 0 rings (SSSR count). The number of esters is 3. The molecule has 0 aliphatic heterocycles. The zero-order valence-electron chi connectivity index (χ0n) is 50.2. The fourth-order valence-corrected chi connectivity index (χ4v) is 8.69. The lowest BCUT2D eigenvalue weighted by Crippen LogP contribution is -2.30. The van der Waals surface area contributed by atoms with Crippen LogP contribution in [0.5, 0.6) is 0 Å².